The number of benzene rings is 1. The van der Waals surface area contributed by atoms with Crippen LogP contribution in [0.2, 0.25) is 0 Å². The Morgan fingerprint density at radius 2 is 2.05 bits per heavy atom. The molecule has 20 heavy (non-hydrogen) atoms. The Hall–Kier alpha value is -0.580. The van der Waals surface area contributed by atoms with Gasteiger partial charge in [-0.15, -0.1) is 0 Å². The molecule has 2 nitrogen and oxygen atoms in total. The molecule has 1 heterocycles. The molecule has 109 valence electrons. The standard InChI is InChI=1S/C16H21O2S2/c1-12(4-9-15-16(2,3)18-15)10-11-17-13-5-7-14(20-19)8-6-13/h5-8,10,15H,4,9,11H2,1-3H3. The van der Waals surface area contributed by atoms with Gasteiger partial charge in [-0.2, -0.15) is 0 Å². The molecule has 1 radical (unpaired) electrons. The lowest BCUT2D eigenvalue weighted by atomic mass is 10.0. The van der Waals surface area contributed by atoms with Gasteiger partial charge in [0.15, 0.2) is 0 Å². The molecule has 0 aliphatic carbocycles. The summed E-state index contributed by atoms with van der Waals surface area (Å²) >= 11 is 4.91. The lowest BCUT2D eigenvalue weighted by Gasteiger charge is -2.05. The fourth-order valence-corrected chi connectivity index (χ4v) is 2.65. The van der Waals surface area contributed by atoms with Crippen molar-refractivity contribution >= 4 is 22.5 Å². The Morgan fingerprint density at radius 3 is 2.60 bits per heavy atom. The Balaban J connectivity index is 1.69. The third-order valence-electron chi connectivity index (χ3n) is 3.57. The van der Waals surface area contributed by atoms with Gasteiger partial charge in [0.1, 0.15) is 12.4 Å². The van der Waals surface area contributed by atoms with Crippen LogP contribution in [0.3, 0.4) is 0 Å². The molecule has 0 saturated carbocycles. The predicted octanol–water partition coefficient (Wildman–Crippen LogP) is 5.17. The average molecular weight is 309 g/mol. The van der Waals surface area contributed by atoms with Crippen LogP contribution in [-0.4, -0.2) is 18.3 Å². The van der Waals surface area contributed by atoms with Gasteiger partial charge in [-0.25, -0.2) is 0 Å². The Labute approximate surface area is 130 Å². The first-order valence-electron chi connectivity index (χ1n) is 6.87. The molecule has 4 heteroatoms. The minimum atomic E-state index is 0.0985. The van der Waals surface area contributed by atoms with Gasteiger partial charge in [-0.05, 0) is 86.4 Å². The van der Waals surface area contributed by atoms with Crippen molar-refractivity contribution < 1.29 is 9.47 Å². The van der Waals surface area contributed by atoms with Gasteiger partial charge < -0.3 is 9.47 Å². The minimum absolute atomic E-state index is 0.0985. The van der Waals surface area contributed by atoms with Gasteiger partial charge in [0.2, 0.25) is 0 Å². The van der Waals surface area contributed by atoms with Crippen LogP contribution in [0.4, 0.5) is 0 Å². The van der Waals surface area contributed by atoms with Crippen molar-refractivity contribution in [2.24, 2.45) is 0 Å². The number of ether oxygens (including phenoxy) is 2. The number of hydrogen-bond acceptors (Lipinski definition) is 3. The summed E-state index contributed by atoms with van der Waals surface area (Å²) in [5.41, 5.74) is 1.45. The molecular formula is C16H21O2S2. The van der Waals surface area contributed by atoms with E-state index in [1.54, 1.807) is 0 Å². The summed E-state index contributed by atoms with van der Waals surface area (Å²) in [5, 5.41) is 0. The molecule has 2 rings (SSSR count). The van der Waals surface area contributed by atoms with Gasteiger partial charge in [-0.3, -0.25) is 0 Å². The fourth-order valence-electron chi connectivity index (χ4n) is 2.07. The van der Waals surface area contributed by atoms with E-state index < -0.39 is 0 Å². The van der Waals surface area contributed by atoms with E-state index in [0.717, 1.165) is 23.5 Å². The number of epoxide rings is 1. The Morgan fingerprint density at radius 1 is 1.40 bits per heavy atom. The SMILES string of the molecule is CC(=CCOc1ccc(S[S])cc1)CCC1OC1(C)C. The van der Waals surface area contributed by atoms with Crippen LogP contribution in [0.15, 0.2) is 40.8 Å². The average Bonchev–Trinajstić information content (AvgIpc) is 3.05. The van der Waals surface area contributed by atoms with Gasteiger partial charge in [0.25, 0.3) is 0 Å². The molecule has 1 aliphatic rings. The topological polar surface area (TPSA) is 21.8 Å². The van der Waals surface area contributed by atoms with E-state index in [0.29, 0.717) is 12.7 Å². The third-order valence-corrected chi connectivity index (χ3v) is 4.61. The zero-order valence-electron chi connectivity index (χ0n) is 12.2. The summed E-state index contributed by atoms with van der Waals surface area (Å²) in [6.45, 7) is 7.05. The predicted molar refractivity (Wildman–Crippen MR) is 87.3 cm³/mol. The second-order valence-electron chi connectivity index (χ2n) is 5.66. The lowest BCUT2D eigenvalue weighted by molar-refractivity contribution is 0.320. The summed E-state index contributed by atoms with van der Waals surface area (Å²) in [6.07, 6.45) is 4.74. The number of hydrogen-bond donors (Lipinski definition) is 0. The second kappa shape index (κ2) is 6.92. The highest BCUT2D eigenvalue weighted by atomic mass is 33.1. The molecule has 1 aromatic rings. The summed E-state index contributed by atoms with van der Waals surface area (Å²) in [7, 11) is 1.33. The van der Waals surface area contributed by atoms with Crippen LogP contribution in [0.1, 0.15) is 33.6 Å². The number of allylic oxidation sites excluding steroid dienone is 1. The zero-order valence-corrected chi connectivity index (χ0v) is 13.9. The number of rotatable bonds is 7. The molecule has 0 bridgehead atoms. The molecule has 1 aliphatic heterocycles. The van der Waals surface area contributed by atoms with Crippen molar-refractivity contribution in [3.05, 3.63) is 35.9 Å². The van der Waals surface area contributed by atoms with Crippen molar-refractivity contribution in [2.75, 3.05) is 6.61 Å². The molecule has 1 aromatic carbocycles. The maximum Gasteiger partial charge on any atom is 0.119 e. The van der Waals surface area contributed by atoms with Crippen LogP contribution in [-0.2, 0) is 4.74 Å². The van der Waals surface area contributed by atoms with Crippen LogP contribution in [0, 0.1) is 0 Å². The molecular weight excluding hydrogens is 288 g/mol. The third kappa shape index (κ3) is 4.76. The molecule has 0 amide bonds. The van der Waals surface area contributed by atoms with Crippen molar-refractivity contribution in [1.29, 1.82) is 0 Å². The van der Waals surface area contributed by atoms with Crippen molar-refractivity contribution in [2.45, 2.75) is 50.2 Å². The largest absolute Gasteiger partial charge is 0.490 e. The van der Waals surface area contributed by atoms with Crippen molar-refractivity contribution in [1.82, 2.24) is 0 Å². The van der Waals surface area contributed by atoms with Crippen LogP contribution >= 0.6 is 22.5 Å². The van der Waals surface area contributed by atoms with Gasteiger partial charge >= 0.3 is 0 Å². The zero-order chi connectivity index (χ0) is 14.6. The first-order valence-corrected chi connectivity index (χ1v) is 8.61. The highest BCUT2D eigenvalue weighted by Crippen LogP contribution is 2.38. The molecule has 1 fully saturated rings. The first-order chi connectivity index (χ1) is 9.51. The van der Waals surface area contributed by atoms with Crippen molar-refractivity contribution in [3.8, 4) is 5.75 Å². The van der Waals surface area contributed by atoms with Crippen molar-refractivity contribution in [3.63, 3.8) is 0 Å². The summed E-state index contributed by atoms with van der Waals surface area (Å²) in [5.74, 6) is 0.883. The maximum atomic E-state index is 5.69. The smallest absolute Gasteiger partial charge is 0.119 e. The fraction of sp³-hybridized carbons (Fsp3) is 0.500. The first kappa shape index (κ1) is 15.8. The monoisotopic (exact) mass is 309 g/mol. The lowest BCUT2D eigenvalue weighted by Crippen LogP contribution is -2.03. The second-order valence-corrected chi connectivity index (χ2v) is 6.80. The van der Waals surface area contributed by atoms with Crippen LogP contribution in [0.25, 0.3) is 0 Å². The van der Waals surface area contributed by atoms with E-state index in [-0.39, 0.29) is 5.60 Å². The van der Waals surface area contributed by atoms with E-state index in [1.165, 1.54) is 16.4 Å². The van der Waals surface area contributed by atoms with Gasteiger partial charge in [0, 0.05) is 4.90 Å². The molecule has 0 N–H and O–H groups in total. The van der Waals surface area contributed by atoms with E-state index in [2.05, 4.69) is 26.8 Å². The van der Waals surface area contributed by atoms with E-state index >= 15 is 0 Å². The summed E-state index contributed by atoms with van der Waals surface area (Å²) in [4.78, 5) is 1.08. The van der Waals surface area contributed by atoms with E-state index in [9.17, 15) is 0 Å². The Kier molecular flexibility index (Phi) is 5.47. The maximum absolute atomic E-state index is 5.69. The quantitative estimate of drug-likeness (QED) is 0.394. The highest BCUT2D eigenvalue weighted by Gasteiger charge is 2.46. The molecule has 1 atom stereocenters. The molecule has 1 unspecified atom stereocenters. The van der Waals surface area contributed by atoms with Crippen LogP contribution < -0.4 is 4.74 Å². The summed E-state index contributed by atoms with van der Waals surface area (Å²) < 4.78 is 11.3. The molecule has 0 aromatic heterocycles. The highest BCUT2D eigenvalue weighted by molar-refractivity contribution is 8.68. The molecule has 1 saturated heterocycles. The Bertz CT molecular complexity index is 466. The van der Waals surface area contributed by atoms with Gasteiger partial charge in [0.05, 0.1) is 11.7 Å². The van der Waals surface area contributed by atoms with Gasteiger partial charge in [-0.1, -0.05) is 5.57 Å². The normalized spacial score (nSPS) is 20.8. The minimum Gasteiger partial charge on any atom is -0.490 e. The van der Waals surface area contributed by atoms with E-state index in [1.807, 2.05) is 24.3 Å². The van der Waals surface area contributed by atoms with E-state index in [4.69, 9.17) is 21.1 Å². The summed E-state index contributed by atoms with van der Waals surface area (Å²) in [6, 6.07) is 7.88. The molecule has 0 spiro atoms. The van der Waals surface area contributed by atoms with Crippen LogP contribution in [0.5, 0.6) is 5.75 Å².